The van der Waals surface area contributed by atoms with E-state index in [1.807, 2.05) is 17.9 Å². The van der Waals surface area contributed by atoms with Crippen LogP contribution in [0.25, 0.3) is 0 Å². The number of hydrogen-bond donors (Lipinski definition) is 0. The van der Waals surface area contributed by atoms with E-state index in [-0.39, 0.29) is 16.7 Å². The van der Waals surface area contributed by atoms with Gasteiger partial charge in [0.1, 0.15) is 11.6 Å². The molecule has 0 spiro atoms. The fourth-order valence-electron chi connectivity index (χ4n) is 4.16. The molecule has 2 aromatic rings. The summed E-state index contributed by atoms with van der Waals surface area (Å²) >= 11 is 0. The lowest BCUT2D eigenvalue weighted by Gasteiger charge is -2.35. The number of nitrogens with zero attached hydrogens (tertiary/aromatic N) is 5. The Morgan fingerprint density at radius 2 is 1.56 bits per heavy atom. The summed E-state index contributed by atoms with van der Waals surface area (Å²) < 4.78 is 26.9. The normalized spacial score (nSPS) is 17.9. The summed E-state index contributed by atoms with van der Waals surface area (Å²) in [4.78, 5) is 26.5. The van der Waals surface area contributed by atoms with E-state index in [2.05, 4.69) is 23.7 Å². The number of hydrogen-bond acceptors (Lipinski definition) is 6. The predicted octanol–water partition coefficient (Wildman–Crippen LogP) is 2.66. The van der Waals surface area contributed by atoms with E-state index in [0.717, 1.165) is 30.2 Å². The molecule has 3 heterocycles. The van der Waals surface area contributed by atoms with Crippen molar-refractivity contribution >= 4 is 21.7 Å². The molecule has 4 rings (SSSR count). The first-order valence-electron chi connectivity index (χ1n) is 11.3. The highest BCUT2D eigenvalue weighted by Gasteiger charge is 2.28. The summed E-state index contributed by atoms with van der Waals surface area (Å²) in [7, 11) is -3.47. The zero-order chi connectivity index (χ0) is 22.9. The second-order valence-electron chi connectivity index (χ2n) is 8.80. The standard InChI is InChI=1S/C23H31N5O3S/c1-17(2)22-24-18(3)16-21(25-22)26-12-14-27(15-13-26)23(29)19-6-8-20(9-7-19)32(30,31)28-10-4-5-11-28/h6-9,16-17H,4-5,10-15H2,1-3H3. The number of piperazine rings is 1. The lowest BCUT2D eigenvalue weighted by molar-refractivity contribution is 0.0746. The van der Waals surface area contributed by atoms with Crippen LogP contribution in [0.15, 0.2) is 35.2 Å². The van der Waals surface area contributed by atoms with Crippen LogP contribution >= 0.6 is 0 Å². The highest BCUT2D eigenvalue weighted by molar-refractivity contribution is 7.89. The van der Waals surface area contributed by atoms with Gasteiger partial charge in [-0.1, -0.05) is 13.8 Å². The van der Waals surface area contributed by atoms with Crippen molar-refractivity contribution in [2.75, 3.05) is 44.2 Å². The van der Waals surface area contributed by atoms with Gasteiger partial charge in [0, 0.05) is 62.5 Å². The van der Waals surface area contributed by atoms with Crippen molar-refractivity contribution in [2.24, 2.45) is 0 Å². The highest BCUT2D eigenvalue weighted by atomic mass is 32.2. The Morgan fingerprint density at radius 1 is 0.938 bits per heavy atom. The van der Waals surface area contributed by atoms with Crippen molar-refractivity contribution in [1.82, 2.24) is 19.2 Å². The number of anilines is 1. The summed E-state index contributed by atoms with van der Waals surface area (Å²) in [5, 5.41) is 0. The zero-order valence-electron chi connectivity index (χ0n) is 19.0. The summed E-state index contributed by atoms with van der Waals surface area (Å²) in [6.07, 6.45) is 1.80. The molecule has 32 heavy (non-hydrogen) atoms. The Bertz CT molecular complexity index is 1070. The molecule has 2 fully saturated rings. The highest BCUT2D eigenvalue weighted by Crippen LogP contribution is 2.22. The molecule has 2 saturated heterocycles. The van der Waals surface area contributed by atoms with Gasteiger partial charge in [0.2, 0.25) is 10.0 Å². The quantitative estimate of drug-likeness (QED) is 0.686. The predicted molar refractivity (Wildman–Crippen MR) is 123 cm³/mol. The van der Waals surface area contributed by atoms with Crippen molar-refractivity contribution in [3.8, 4) is 0 Å². The third-order valence-corrected chi connectivity index (χ3v) is 7.98. The Labute approximate surface area is 190 Å². The number of amides is 1. The molecule has 0 aliphatic carbocycles. The van der Waals surface area contributed by atoms with E-state index in [4.69, 9.17) is 4.98 Å². The van der Waals surface area contributed by atoms with E-state index in [1.54, 1.807) is 24.3 Å². The maximum atomic E-state index is 13.0. The Kier molecular flexibility index (Phi) is 6.48. The van der Waals surface area contributed by atoms with Crippen LogP contribution in [0.2, 0.25) is 0 Å². The van der Waals surface area contributed by atoms with E-state index in [9.17, 15) is 13.2 Å². The largest absolute Gasteiger partial charge is 0.353 e. The van der Waals surface area contributed by atoms with Gasteiger partial charge in [-0.2, -0.15) is 4.31 Å². The lowest BCUT2D eigenvalue weighted by atomic mass is 10.1. The molecule has 0 N–H and O–H groups in total. The third-order valence-electron chi connectivity index (χ3n) is 6.07. The van der Waals surface area contributed by atoms with Crippen LogP contribution in [-0.4, -0.2) is 72.8 Å². The average molecular weight is 458 g/mol. The summed E-state index contributed by atoms with van der Waals surface area (Å²) in [5.41, 5.74) is 1.46. The van der Waals surface area contributed by atoms with Crippen molar-refractivity contribution in [3.63, 3.8) is 0 Å². The van der Waals surface area contributed by atoms with Crippen LogP contribution in [0.4, 0.5) is 5.82 Å². The number of rotatable bonds is 5. The van der Waals surface area contributed by atoms with Crippen molar-refractivity contribution in [2.45, 2.75) is 44.4 Å². The maximum absolute atomic E-state index is 13.0. The van der Waals surface area contributed by atoms with Gasteiger partial charge in [0.05, 0.1) is 4.90 Å². The first kappa shape index (κ1) is 22.7. The van der Waals surface area contributed by atoms with E-state index in [1.165, 1.54) is 4.31 Å². The zero-order valence-corrected chi connectivity index (χ0v) is 19.8. The van der Waals surface area contributed by atoms with Gasteiger partial charge in [-0.05, 0) is 44.0 Å². The number of carbonyl (C=O) groups excluding carboxylic acids is 1. The summed E-state index contributed by atoms with van der Waals surface area (Å²) in [5.74, 6) is 1.93. The molecule has 9 heteroatoms. The van der Waals surface area contributed by atoms with Gasteiger partial charge in [0.15, 0.2) is 0 Å². The van der Waals surface area contributed by atoms with Gasteiger partial charge in [-0.15, -0.1) is 0 Å². The molecular weight excluding hydrogens is 426 g/mol. The molecule has 1 aromatic carbocycles. The summed E-state index contributed by atoms with van der Waals surface area (Å²) in [6.45, 7) is 9.84. The SMILES string of the molecule is Cc1cc(N2CCN(C(=O)c3ccc(S(=O)(=O)N4CCCC4)cc3)CC2)nc(C(C)C)n1. The van der Waals surface area contributed by atoms with Crippen molar-refractivity contribution in [3.05, 3.63) is 47.4 Å². The number of carbonyl (C=O) groups is 1. The Morgan fingerprint density at radius 3 is 2.16 bits per heavy atom. The van der Waals surface area contributed by atoms with Crippen molar-refractivity contribution < 1.29 is 13.2 Å². The minimum absolute atomic E-state index is 0.0727. The van der Waals surface area contributed by atoms with Gasteiger partial charge < -0.3 is 9.80 Å². The van der Waals surface area contributed by atoms with Gasteiger partial charge in [-0.3, -0.25) is 4.79 Å². The molecule has 1 amide bonds. The van der Waals surface area contributed by atoms with Crippen LogP contribution in [0.3, 0.4) is 0 Å². The topological polar surface area (TPSA) is 86.7 Å². The molecule has 0 unspecified atom stereocenters. The van der Waals surface area contributed by atoms with E-state index in [0.29, 0.717) is 44.8 Å². The smallest absolute Gasteiger partial charge is 0.253 e. The molecule has 2 aliphatic heterocycles. The molecule has 1 aromatic heterocycles. The minimum atomic E-state index is -3.47. The monoisotopic (exact) mass is 457 g/mol. The molecule has 0 bridgehead atoms. The molecule has 0 atom stereocenters. The van der Waals surface area contributed by atoms with Gasteiger partial charge in [-0.25, -0.2) is 18.4 Å². The average Bonchev–Trinajstić information content (AvgIpc) is 3.34. The molecule has 2 aliphatic rings. The van der Waals surface area contributed by atoms with Crippen molar-refractivity contribution in [1.29, 1.82) is 0 Å². The maximum Gasteiger partial charge on any atom is 0.253 e. The molecule has 0 saturated carbocycles. The van der Waals surface area contributed by atoms with Crippen LogP contribution in [0.1, 0.15) is 54.5 Å². The molecule has 8 nitrogen and oxygen atoms in total. The second-order valence-corrected chi connectivity index (χ2v) is 10.7. The number of sulfonamides is 1. The number of aromatic nitrogens is 2. The molecular formula is C23H31N5O3S. The fourth-order valence-corrected chi connectivity index (χ4v) is 5.68. The summed E-state index contributed by atoms with van der Waals surface area (Å²) in [6, 6.07) is 8.34. The van der Waals surface area contributed by atoms with Crippen LogP contribution in [0, 0.1) is 6.92 Å². The van der Waals surface area contributed by atoms with Gasteiger partial charge >= 0.3 is 0 Å². The lowest BCUT2D eigenvalue weighted by Crippen LogP contribution is -2.49. The van der Waals surface area contributed by atoms with Gasteiger partial charge in [0.25, 0.3) is 5.91 Å². The fraction of sp³-hybridized carbons (Fsp3) is 0.522. The van der Waals surface area contributed by atoms with Crippen LogP contribution in [0.5, 0.6) is 0 Å². The Hall–Kier alpha value is -2.52. The number of benzene rings is 1. The Balaban J connectivity index is 1.40. The first-order valence-corrected chi connectivity index (χ1v) is 12.7. The number of aryl methyl sites for hydroxylation is 1. The van der Waals surface area contributed by atoms with E-state index < -0.39 is 10.0 Å². The molecule has 0 radical (unpaired) electrons. The van der Waals surface area contributed by atoms with Crippen LogP contribution < -0.4 is 4.90 Å². The molecule has 172 valence electrons. The van der Waals surface area contributed by atoms with Crippen LogP contribution in [-0.2, 0) is 10.0 Å². The first-order chi connectivity index (χ1) is 15.3. The second kappa shape index (κ2) is 9.15. The third kappa shape index (κ3) is 4.63. The minimum Gasteiger partial charge on any atom is -0.353 e. The van der Waals surface area contributed by atoms with E-state index >= 15 is 0 Å².